The molecule has 1 aromatic rings. The Bertz CT molecular complexity index is 400. The third-order valence-electron chi connectivity index (χ3n) is 4.39. The topological polar surface area (TPSA) is 20.2 Å². The maximum absolute atomic E-state index is 10.5. The quantitative estimate of drug-likeness (QED) is 0.867. The van der Waals surface area contributed by atoms with Crippen LogP contribution >= 0.6 is 15.9 Å². The van der Waals surface area contributed by atoms with E-state index >= 15 is 0 Å². The lowest BCUT2D eigenvalue weighted by molar-refractivity contribution is 0.00580. The number of hydrogen-bond acceptors (Lipinski definition) is 1. The summed E-state index contributed by atoms with van der Waals surface area (Å²) >= 11 is 3.49. The van der Waals surface area contributed by atoms with Gasteiger partial charge in [-0.3, -0.25) is 0 Å². The first kappa shape index (κ1) is 14.1. The lowest BCUT2D eigenvalue weighted by atomic mass is 9.66. The van der Waals surface area contributed by atoms with Crippen LogP contribution in [0.25, 0.3) is 0 Å². The van der Waals surface area contributed by atoms with Crippen LogP contribution in [0.4, 0.5) is 0 Å². The molecule has 100 valence electrons. The van der Waals surface area contributed by atoms with E-state index in [0.29, 0.717) is 5.92 Å². The first-order valence-electron chi connectivity index (χ1n) is 6.91. The number of aliphatic hydroxyl groups is 1. The van der Waals surface area contributed by atoms with Crippen molar-refractivity contribution in [1.29, 1.82) is 0 Å². The first-order chi connectivity index (χ1) is 8.49. The second-order valence-electron chi connectivity index (χ2n) is 6.24. The zero-order valence-electron chi connectivity index (χ0n) is 11.3. The van der Waals surface area contributed by atoms with Gasteiger partial charge in [0, 0.05) is 4.47 Å². The molecular formula is C16H23BrO. The lowest BCUT2D eigenvalue weighted by Gasteiger charge is -2.41. The highest BCUT2D eigenvalue weighted by molar-refractivity contribution is 9.10. The third kappa shape index (κ3) is 3.36. The predicted octanol–water partition coefficient (Wildman–Crippen LogP) is 4.57. The fraction of sp³-hybridized carbons (Fsp3) is 0.625. The summed E-state index contributed by atoms with van der Waals surface area (Å²) in [6, 6.07) is 8.28. The Morgan fingerprint density at radius 1 is 1.39 bits per heavy atom. The molecule has 1 fully saturated rings. The number of benzene rings is 1. The van der Waals surface area contributed by atoms with Gasteiger partial charge in [0.05, 0.1) is 6.10 Å². The Balaban J connectivity index is 2.05. The molecule has 1 nitrogen and oxygen atoms in total. The van der Waals surface area contributed by atoms with E-state index in [9.17, 15) is 5.11 Å². The van der Waals surface area contributed by atoms with Crippen molar-refractivity contribution in [2.24, 2.45) is 11.3 Å². The molecule has 1 aromatic carbocycles. The van der Waals surface area contributed by atoms with Crippen LogP contribution in [0.5, 0.6) is 0 Å². The van der Waals surface area contributed by atoms with Crippen molar-refractivity contribution in [3.8, 4) is 0 Å². The molecule has 0 heterocycles. The molecular weight excluding hydrogens is 288 g/mol. The minimum absolute atomic E-state index is 0.213. The minimum atomic E-state index is -0.213. The van der Waals surface area contributed by atoms with E-state index in [4.69, 9.17) is 0 Å². The summed E-state index contributed by atoms with van der Waals surface area (Å²) in [6.45, 7) is 4.61. The summed E-state index contributed by atoms with van der Waals surface area (Å²) in [5, 5.41) is 10.5. The molecule has 2 unspecified atom stereocenters. The Morgan fingerprint density at radius 3 is 2.83 bits per heavy atom. The zero-order valence-corrected chi connectivity index (χ0v) is 12.9. The Labute approximate surface area is 119 Å². The highest BCUT2D eigenvalue weighted by Crippen LogP contribution is 2.42. The van der Waals surface area contributed by atoms with E-state index in [1.54, 1.807) is 0 Å². The summed E-state index contributed by atoms with van der Waals surface area (Å²) in [4.78, 5) is 0. The molecule has 0 saturated heterocycles. The molecule has 0 radical (unpaired) electrons. The van der Waals surface area contributed by atoms with Gasteiger partial charge in [-0.15, -0.1) is 0 Å². The SMILES string of the molecule is CC1(C)CCCCC1C(O)Cc1cccc(Br)c1. The van der Waals surface area contributed by atoms with Gasteiger partial charge in [0.2, 0.25) is 0 Å². The minimum Gasteiger partial charge on any atom is -0.392 e. The smallest absolute Gasteiger partial charge is 0.0613 e. The third-order valence-corrected chi connectivity index (χ3v) is 4.88. The average molecular weight is 311 g/mol. The number of rotatable bonds is 3. The fourth-order valence-electron chi connectivity index (χ4n) is 3.28. The van der Waals surface area contributed by atoms with Gasteiger partial charge in [-0.25, -0.2) is 0 Å². The maximum Gasteiger partial charge on any atom is 0.0613 e. The number of halogens is 1. The molecule has 0 bridgehead atoms. The number of aliphatic hydroxyl groups excluding tert-OH is 1. The van der Waals surface area contributed by atoms with Crippen molar-refractivity contribution >= 4 is 15.9 Å². The van der Waals surface area contributed by atoms with Gasteiger partial charge in [-0.05, 0) is 48.3 Å². The average Bonchev–Trinajstić information content (AvgIpc) is 2.28. The Hall–Kier alpha value is -0.340. The Morgan fingerprint density at radius 2 is 2.17 bits per heavy atom. The van der Waals surface area contributed by atoms with Crippen LogP contribution in [0.1, 0.15) is 45.1 Å². The van der Waals surface area contributed by atoms with Crippen LogP contribution in [0.3, 0.4) is 0 Å². The molecule has 0 amide bonds. The molecule has 0 spiro atoms. The van der Waals surface area contributed by atoms with Gasteiger partial charge < -0.3 is 5.11 Å². The van der Waals surface area contributed by atoms with E-state index in [1.165, 1.54) is 31.2 Å². The normalized spacial score (nSPS) is 24.8. The van der Waals surface area contributed by atoms with Gasteiger partial charge in [0.15, 0.2) is 0 Å². The van der Waals surface area contributed by atoms with Crippen molar-refractivity contribution < 1.29 is 5.11 Å². The molecule has 1 N–H and O–H groups in total. The summed E-state index contributed by atoms with van der Waals surface area (Å²) in [7, 11) is 0. The van der Waals surface area contributed by atoms with Gasteiger partial charge in [0.25, 0.3) is 0 Å². The molecule has 2 rings (SSSR count). The summed E-state index contributed by atoms with van der Waals surface area (Å²) in [6.07, 6.45) is 5.55. The van der Waals surface area contributed by atoms with E-state index in [-0.39, 0.29) is 11.5 Å². The highest BCUT2D eigenvalue weighted by atomic mass is 79.9. The largest absolute Gasteiger partial charge is 0.392 e. The van der Waals surface area contributed by atoms with Crippen molar-refractivity contribution in [3.63, 3.8) is 0 Å². The van der Waals surface area contributed by atoms with Crippen LogP contribution < -0.4 is 0 Å². The van der Waals surface area contributed by atoms with Crippen molar-refractivity contribution in [2.75, 3.05) is 0 Å². The Kier molecular flexibility index (Phi) is 4.50. The number of hydrogen-bond donors (Lipinski definition) is 1. The molecule has 1 aliphatic carbocycles. The standard InChI is InChI=1S/C16H23BrO/c1-16(2)9-4-3-8-14(16)15(18)11-12-6-5-7-13(17)10-12/h5-7,10,14-15,18H,3-4,8-9,11H2,1-2H3. The van der Waals surface area contributed by atoms with Crippen LogP contribution in [-0.4, -0.2) is 11.2 Å². The van der Waals surface area contributed by atoms with E-state index in [1.807, 2.05) is 12.1 Å². The van der Waals surface area contributed by atoms with Gasteiger partial charge in [-0.1, -0.05) is 54.8 Å². The van der Waals surface area contributed by atoms with Crippen LogP contribution in [0, 0.1) is 11.3 Å². The predicted molar refractivity (Wildman–Crippen MR) is 79.6 cm³/mol. The van der Waals surface area contributed by atoms with Crippen molar-refractivity contribution in [2.45, 2.75) is 52.1 Å². The van der Waals surface area contributed by atoms with E-state index in [0.717, 1.165) is 10.9 Å². The van der Waals surface area contributed by atoms with Gasteiger partial charge in [0.1, 0.15) is 0 Å². The summed E-state index contributed by atoms with van der Waals surface area (Å²) in [5.41, 5.74) is 1.50. The fourth-order valence-corrected chi connectivity index (χ4v) is 3.73. The second kappa shape index (κ2) is 5.75. The van der Waals surface area contributed by atoms with Crippen LogP contribution in [0.2, 0.25) is 0 Å². The molecule has 2 heteroatoms. The molecule has 0 aliphatic heterocycles. The van der Waals surface area contributed by atoms with Gasteiger partial charge in [-0.2, -0.15) is 0 Å². The molecule has 2 atom stereocenters. The highest BCUT2D eigenvalue weighted by Gasteiger charge is 2.36. The summed E-state index contributed by atoms with van der Waals surface area (Å²) in [5.74, 6) is 0.435. The summed E-state index contributed by atoms with van der Waals surface area (Å²) < 4.78 is 1.09. The van der Waals surface area contributed by atoms with Crippen molar-refractivity contribution in [1.82, 2.24) is 0 Å². The van der Waals surface area contributed by atoms with Gasteiger partial charge >= 0.3 is 0 Å². The van der Waals surface area contributed by atoms with Crippen molar-refractivity contribution in [3.05, 3.63) is 34.3 Å². The molecule has 0 aromatic heterocycles. The van der Waals surface area contributed by atoms with Crippen LogP contribution in [0.15, 0.2) is 28.7 Å². The second-order valence-corrected chi connectivity index (χ2v) is 7.16. The lowest BCUT2D eigenvalue weighted by Crippen LogP contribution is -2.37. The molecule has 18 heavy (non-hydrogen) atoms. The molecule has 1 aliphatic rings. The molecule has 1 saturated carbocycles. The monoisotopic (exact) mass is 310 g/mol. The first-order valence-corrected chi connectivity index (χ1v) is 7.71. The van der Waals surface area contributed by atoms with E-state index < -0.39 is 0 Å². The van der Waals surface area contributed by atoms with E-state index in [2.05, 4.69) is 41.9 Å². The zero-order chi connectivity index (χ0) is 13.2. The maximum atomic E-state index is 10.5. The van der Waals surface area contributed by atoms with Crippen LogP contribution in [-0.2, 0) is 6.42 Å².